The van der Waals surface area contributed by atoms with Crippen molar-refractivity contribution in [1.82, 2.24) is 4.90 Å². The van der Waals surface area contributed by atoms with Crippen LogP contribution >= 0.6 is 23.7 Å². The van der Waals surface area contributed by atoms with Crippen molar-refractivity contribution in [2.75, 3.05) is 20.1 Å². The molecule has 1 amide bonds. The highest BCUT2D eigenvalue weighted by molar-refractivity contribution is 7.09. The number of nitrogens with two attached hydrogens (primary N) is 1. The van der Waals surface area contributed by atoms with Gasteiger partial charge >= 0.3 is 0 Å². The van der Waals surface area contributed by atoms with Crippen molar-refractivity contribution in [1.29, 1.82) is 0 Å². The molecular formula is C14H25ClN2OS. The number of amides is 1. The van der Waals surface area contributed by atoms with Gasteiger partial charge in [0, 0.05) is 24.9 Å². The predicted octanol–water partition coefficient (Wildman–Crippen LogP) is 2.94. The van der Waals surface area contributed by atoms with E-state index in [4.69, 9.17) is 5.73 Å². The number of hydrogen-bond donors (Lipinski definition) is 1. The Morgan fingerprint density at radius 3 is 2.68 bits per heavy atom. The molecule has 0 aliphatic carbocycles. The smallest absolute Gasteiger partial charge is 0.222 e. The Bertz CT molecular complexity index is 366. The number of halogens is 1. The number of rotatable bonds is 7. The predicted molar refractivity (Wildman–Crippen MR) is 85.0 cm³/mol. The lowest BCUT2D eigenvalue weighted by Crippen LogP contribution is -2.39. The van der Waals surface area contributed by atoms with Gasteiger partial charge in [0.1, 0.15) is 0 Å². The van der Waals surface area contributed by atoms with Crippen LogP contribution < -0.4 is 5.73 Å². The lowest BCUT2D eigenvalue weighted by atomic mass is 9.93. The molecule has 3 nitrogen and oxygen atoms in total. The van der Waals surface area contributed by atoms with E-state index in [0.29, 0.717) is 13.0 Å². The van der Waals surface area contributed by atoms with Crippen LogP contribution in [0.25, 0.3) is 0 Å². The first kappa shape index (κ1) is 18.4. The maximum absolute atomic E-state index is 12.0. The van der Waals surface area contributed by atoms with Gasteiger partial charge in [0.15, 0.2) is 0 Å². The summed E-state index contributed by atoms with van der Waals surface area (Å²) in [6.45, 7) is 5.49. The summed E-state index contributed by atoms with van der Waals surface area (Å²) in [7, 11) is 1.87. The molecule has 0 unspecified atom stereocenters. The summed E-state index contributed by atoms with van der Waals surface area (Å²) in [6.07, 6.45) is 2.54. The van der Waals surface area contributed by atoms with Crippen LogP contribution in [0.1, 0.15) is 31.6 Å². The molecule has 5 heteroatoms. The van der Waals surface area contributed by atoms with Crippen LogP contribution in [0, 0.1) is 5.41 Å². The molecule has 0 radical (unpaired) electrons. The first-order valence-corrected chi connectivity index (χ1v) is 7.29. The molecule has 1 heterocycles. The zero-order valence-corrected chi connectivity index (χ0v) is 13.6. The van der Waals surface area contributed by atoms with Gasteiger partial charge in [-0.2, -0.15) is 0 Å². The van der Waals surface area contributed by atoms with Crippen LogP contribution in [0.15, 0.2) is 17.5 Å². The largest absolute Gasteiger partial charge is 0.345 e. The number of carbonyl (C=O) groups excluding carboxylic acids is 1. The highest BCUT2D eigenvalue weighted by Crippen LogP contribution is 2.16. The Hall–Kier alpha value is -0.580. The van der Waals surface area contributed by atoms with Gasteiger partial charge in [-0.3, -0.25) is 4.79 Å². The minimum absolute atomic E-state index is 0. The first-order valence-electron chi connectivity index (χ1n) is 6.41. The number of nitrogens with zero attached hydrogens (tertiary/aromatic N) is 1. The normalized spacial score (nSPS) is 10.9. The van der Waals surface area contributed by atoms with Crippen molar-refractivity contribution >= 4 is 29.7 Å². The van der Waals surface area contributed by atoms with Gasteiger partial charge in [-0.05, 0) is 36.2 Å². The van der Waals surface area contributed by atoms with E-state index in [2.05, 4.69) is 31.4 Å². The van der Waals surface area contributed by atoms with Crippen molar-refractivity contribution in [2.24, 2.45) is 11.1 Å². The molecule has 0 aromatic carbocycles. The SMILES string of the molecule is CN(CC(C)(C)CN)C(=O)CCCc1cccs1.Cl. The summed E-state index contributed by atoms with van der Waals surface area (Å²) in [5, 5.41) is 2.08. The molecule has 0 aliphatic heterocycles. The highest BCUT2D eigenvalue weighted by Gasteiger charge is 2.20. The second kappa shape index (κ2) is 8.56. The van der Waals surface area contributed by atoms with E-state index in [1.807, 2.05) is 7.05 Å². The molecule has 0 fully saturated rings. The summed E-state index contributed by atoms with van der Waals surface area (Å²) in [5.41, 5.74) is 5.68. The van der Waals surface area contributed by atoms with E-state index in [-0.39, 0.29) is 23.7 Å². The van der Waals surface area contributed by atoms with E-state index in [0.717, 1.165) is 19.4 Å². The third-order valence-electron chi connectivity index (χ3n) is 3.04. The highest BCUT2D eigenvalue weighted by atomic mass is 35.5. The molecular weight excluding hydrogens is 280 g/mol. The van der Waals surface area contributed by atoms with Crippen molar-refractivity contribution in [3.8, 4) is 0 Å². The summed E-state index contributed by atoms with van der Waals surface area (Å²) in [6, 6.07) is 4.17. The van der Waals surface area contributed by atoms with Gasteiger partial charge in [-0.25, -0.2) is 0 Å². The second-order valence-corrected chi connectivity index (χ2v) is 6.58. The van der Waals surface area contributed by atoms with Crippen molar-refractivity contribution in [3.63, 3.8) is 0 Å². The van der Waals surface area contributed by atoms with Crippen molar-refractivity contribution in [2.45, 2.75) is 33.1 Å². The van der Waals surface area contributed by atoms with Crippen LogP contribution in [0.4, 0.5) is 0 Å². The van der Waals surface area contributed by atoms with Crippen LogP contribution in [0.5, 0.6) is 0 Å². The number of carbonyl (C=O) groups is 1. The standard InChI is InChI=1S/C14H24N2OS.ClH/c1-14(2,10-15)11-16(3)13(17)8-4-6-12-7-5-9-18-12;/h5,7,9H,4,6,8,10-11,15H2,1-3H3;1H. The fourth-order valence-corrected chi connectivity index (χ4v) is 2.61. The van der Waals surface area contributed by atoms with E-state index >= 15 is 0 Å². The van der Waals surface area contributed by atoms with E-state index in [1.54, 1.807) is 16.2 Å². The number of hydrogen-bond acceptors (Lipinski definition) is 3. The molecule has 19 heavy (non-hydrogen) atoms. The van der Waals surface area contributed by atoms with Gasteiger partial charge in [0.2, 0.25) is 5.91 Å². The average Bonchev–Trinajstić information content (AvgIpc) is 2.81. The van der Waals surface area contributed by atoms with Crippen molar-refractivity contribution < 1.29 is 4.79 Å². The van der Waals surface area contributed by atoms with E-state index < -0.39 is 0 Å². The summed E-state index contributed by atoms with van der Waals surface area (Å²) in [5.74, 6) is 0.216. The van der Waals surface area contributed by atoms with Gasteiger partial charge in [0.05, 0.1) is 0 Å². The fourth-order valence-electron chi connectivity index (χ4n) is 1.85. The van der Waals surface area contributed by atoms with E-state index in [1.165, 1.54) is 4.88 Å². The molecule has 1 rings (SSSR count). The molecule has 1 aromatic rings. The lowest BCUT2D eigenvalue weighted by Gasteiger charge is -2.29. The van der Waals surface area contributed by atoms with Crippen LogP contribution in [0.2, 0.25) is 0 Å². The Labute approximate surface area is 126 Å². The second-order valence-electron chi connectivity index (χ2n) is 5.55. The quantitative estimate of drug-likeness (QED) is 0.842. The molecule has 0 aliphatic rings. The molecule has 1 aromatic heterocycles. The molecule has 0 atom stereocenters. The third-order valence-corrected chi connectivity index (χ3v) is 3.97. The molecule has 0 saturated carbocycles. The van der Waals surface area contributed by atoms with Crippen LogP contribution in [-0.4, -0.2) is 30.9 Å². The molecule has 110 valence electrons. The number of thiophene rings is 1. The van der Waals surface area contributed by atoms with E-state index in [9.17, 15) is 4.79 Å². The first-order chi connectivity index (χ1) is 8.44. The zero-order valence-electron chi connectivity index (χ0n) is 12.0. The topological polar surface area (TPSA) is 46.3 Å². The van der Waals surface area contributed by atoms with Crippen LogP contribution in [0.3, 0.4) is 0 Å². The Morgan fingerprint density at radius 2 is 2.16 bits per heavy atom. The van der Waals surface area contributed by atoms with Crippen molar-refractivity contribution in [3.05, 3.63) is 22.4 Å². The molecule has 0 spiro atoms. The average molecular weight is 305 g/mol. The Kier molecular flexibility index (Phi) is 8.30. The van der Waals surface area contributed by atoms with Gasteiger partial charge in [-0.1, -0.05) is 19.9 Å². The fraction of sp³-hybridized carbons (Fsp3) is 0.643. The molecule has 0 bridgehead atoms. The third kappa shape index (κ3) is 6.95. The minimum atomic E-state index is -0.00182. The zero-order chi connectivity index (χ0) is 13.6. The minimum Gasteiger partial charge on any atom is -0.345 e. The Balaban J connectivity index is 0.00000324. The summed E-state index contributed by atoms with van der Waals surface area (Å²) in [4.78, 5) is 15.1. The summed E-state index contributed by atoms with van der Waals surface area (Å²) >= 11 is 1.76. The van der Waals surface area contributed by atoms with Gasteiger partial charge < -0.3 is 10.6 Å². The van der Waals surface area contributed by atoms with Crippen LogP contribution in [-0.2, 0) is 11.2 Å². The lowest BCUT2D eigenvalue weighted by molar-refractivity contribution is -0.131. The summed E-state index contributed by atoms with van der Waals surface area (Å²) < 4.78 is 0. The van der Waals surface area contributed by atoms with Gasteiger partial charge in [0.25, 0.3) is 0 Å². The molecule has 0 saturated heterocycles. The van der Waals surface area contributed by atoms with Gasteiger partial charge in [-0.15, -0.1) is 23.7 Å². The maximum atomic E-state index is 12.0. The Morgan fingerprint density at radius 1 is 1.47 bits per heavy atom. The molecule has 2 N–H and O–H groups in total. The monoisotopic (exact) mass is 304 g/mol. The number of aryl methyl sites for hydroxylation is 1. The maximum Gasteiger partial charge on any atom is 0.222 e.